The molecule has 0 saturated carbocycles. The highest BCUT2D eigenvalue weighted by atomic mass is 32.2. The summed E-state index contributed by atoms with van der Waals surface area (Å²) in [5.41, 5.74) is 1.03. The molecule has 0 aromatic carbocycles. The van der Waals surface area contributed by atoms with Crippen molar-refractivity contribution in [2.45, 2.75) is 44.6 Å². The van der Waals surface area contributed by atoms with E-state index < -0.39 is 0 Å². The number of hydrogen-bond donors (Lipinski definition) is 0. The van der Waals surface area contributed by atoms with E-state index in [2.05, 4.69) is 30.7 Å². The summed E-state index contributed by atoms with van der Waals surface area (Å²) < 4.78 is 0. The van der Waals surface area contributed by atoms with Crippen LogP contribution in [0.5, 0.6) is 0 Å². The molecule has 0 aliphatic heterocycles. The smallest absolute Gasteiger partial charge is 0.233 e. The number of thioether (sulfide) groups is 1. The summed E-state index contributed by atoms with van der Waals surface area (Å²) in [6.45, 7) is 8.39. The van der Waals surface area contributed by atoms with Gasteiger partial charge in [0, 0.05) is 35.1 Å². The number of nitrogens with zero attached hydrogens (tertiary/aromatic N) is 3. The lowest BCUT2D eigenvalue weighted by molar-refractivity contribution is -0.128. The van der Waals surface area contributed by atoms with Crippen molar-refractivity contribution in [3.8, 4) is 0 Å². The maximum absolute atomic E-state index is 12.5. The fourth-order valence-electron chi connectivity index (χ4n) is 2.14. The molecule has 124 valence electrons. The average molecular weight is 350 g/mol. The van der Waals surface area contributed by atoms with E-state index in [0.717, 1.165) is 15.6 Å². The maximum Gasteiger partial charge on any atom is 0.233 e. The highest BCUT2D eigenvalue weighted by Gasteiger charge is 2.22. The van der Waals surface area contributed by atoms with Crippen LogP contribution in [0, 0.1) is 6.92 Å². The van der Waals surface area contributed by atoms with E-state index in [0.29, 0.717) is 11.7 Å². The second-order valence-corrected chi connectivity index (χ2v) is 7.92. The number of rotatable bonds is 6. The van der Waals surface area contributed by atoms with Gasteiger partial charge >= 0.3 is 0 Å². The molecule has 23 heavy (non-hydrogen) atoms. The van der Waals surface area contributed by atoms with Gasteiger partial charge in [-0.2, -0.15) is 0 Å². The summed E-state index contributed by atoms with van der Waals surface area (Å²) in [5, 5.41) is 1.14. The number of amides is 1. The van der Waals surface area contributed by atoms with E-state index in [4.69, 9.17) is 0 Å². The molecular weight excluding hydrogens is 326 g/mol. The Balaban J connectivity index is 2.01. The van der Waals surface area contributed by atoms with Gasteiger partial charge in [0.25, 0.3) is 0 Å². The molecule has 4 nitrogen and oxygen atoms in total. The molecule has 0 N–H and O–H groups in total. The van der Waals surface area contributed by atoms with Crippen molar-refractivity contribution in [3.63, 3.8) is 0 Å². The minimum Gasteiger partial charge on any atom is -0.337 e. The van der Waals surface area contributed by atoms with Gasteiger partial charge in [-0.15, -0.1) is 23.1 Å². The fraction of sp³-hybridized carbons (Fsp3) is 0.471. The molecule has 0 radical (unpaired) electrons. The van der Waals surface area contributed by atoms with Crippen molar-refractivity contribution in [1.82, 2.24) is 14.9 Å². The van der Waals surface area contributed by atoms with E-state index in [1.165, 1.54) is 4.88 Å². The van der Waals surface area contributed by atoms with Crippen LogP contribution in [0.25, 0.3) is 0 Å². The molecule has 1 amide bonds. The highest BCUT2D eigenvalue weighted by Crippen LogP contribution is 2.32. The predicted octanol–water partition coefficient (Wildman–Crippen LogP) is 4.28. The molecule has 0 aliphatic rings. The lowest BCUT2D eigenvalue weighted by atomic mass is 10.2. The zero-order chi connectivity index (χ0) is 17.0. The lowest BCUT2D eigenvalue weighted by Gasteiger charge is -2.24. The average Bonchev–Trinajstić information content (AvgIpc) is 2.94. The largest absolute Gasteiger partial charge is 0.337 e. The van der Waals surface area contributed by atoms with Gasteiger partial charge in [-0.25, -0.2) is 4.98 Å². The Hall–Kier alpha value is -1.40. The SMILES string of the molecule is Cc1nc(C(C)C)sc1[C@H](C)N(C)C(=O)CSc1ccncc1. The third kappa shape index (κ3) is 4.54. The number of aromatic nitrogens is 2. The molecule has 0 aliphatic carbocycles. The van der Waals surface area contributed by atoms with Crippen LogP contribution < -0.4 is 0 Å². The predicted molar refractivity (Wildman–Crippen MR) is 97.1 cm³/mol. The Bertz CT molecular complexity index is 655. The fourth-order valence-corrected chi connectivity index (χ4v) is 4.11. The summed E-state index contributed by atoms with van der Waals surface area (Å²) >= 11 is 3.26. The number of aryl methyl sites for hydroxylation is 1. The number of carbonyl (C=O) groups excluding carboxylic acids is 1. The Kier molecular flexibility index (Phi) is 6.18. The van der Waals surface area contributed by atoms with Crippen LogP contribution in [0.15, 0.2) is 29.4 Å². The minimum absolute atomic E-state index is 0.0468. The summed E-state index contributed by atoms with van der Waals surface area (Å²) in [5.74, 6) is 0.973. The van der Waals surface area contributed by atoms with E-state index in [9.17, 15) is 4.79 Å². The van der Waals surface area contributed by atoms with Gasteiger partial charge in [0.05, 0.1) is 22.5 Å². The topological polar surface area (TPSA) is 46.1 Å². The van der Waals surface area contributed by atoms with Gasteiger partial charge in [-0.05, 0) is 26.0 Å². The van der Waals surface area contributed by atoms with E-state index >= 15 is 0 Å². The number of hydrogen-bond acceptors (Lipinski definition) is 5. The van der Waals surface area contributed by atoms with Crippen molar-refractivity contribution >= 4 is 29.0 Å². The second-order valence-electron chi connectivity index (χ2n) is 5.81. The van der Waals surface area contributed by atoms with Crippen LogP contribution in [-0.4, -0.2) is 33.6 Å². The highest BCUT2D eigenvalue weighted by molar-refractivity contribution is 8.00. The molecular formula is C17H23N3OS2. The van der Waals surface area contributed by atoms with Gasteiger partial charge in [-0.1, -0.05) is 13.8 Å². The molecule has 1 atom stereocenters. The molecule has 2 rings (SSSR count). The molecule has 0 saturated heterocycles. The van der Waals surface area contributed by atoms with Crippen LogP contribution in [0.2, 0.25) is 0 Å². The Morgan fingerprint density at radius 1 is 1.30 bits per heavy atom. The van der Waals surface area contributed by atoms with Crippen molar-refractivity contribution in [1.29, 1.82) is 0 Å². The first-order chi connectivity index (χ1) is 10.9. The van der Waals surface area contributed by atoms with Crippen molar-refractivity contribution in [2.24, 2.45) is 0 Å². The van der Waals surface area contributed by atoms with Crippen LogP contribution in [0.1, 0.15) is 48.3 Å². The number of pyridine rings is 1. The third-order valence-electron chi connectivity index (χ3n) is 3.71. The summed E-state index contributed by atoms with van der Waals surface area (Å²) in [7, 11) is 1.87. The molecule has 6 heteroatoms. The van der Waals surface area contributed by atoms with E-state index in [1.54, 1.807) is 35.5 Å². The minimum atomic E-state index is 0.0468. The molecule has 2 aromatic rings. The van der Waals surface area contributed by atoms with Gasteiger partial charge in [0.2, 0.25) is 5.91 Å². The molecule has 2 aromatic heterocycles. The quantitative estimate of drug-likeness (QED) is 0.730. The molecule has 0 spiro atoms. The summed E-state index contributed by atoms with van der Waals surface area (Å²) in [6.07, 6.45) is 3.49. The first-order valence-electron chi connectivity index (χ1n) is 7.65. The standard InChI is InChI=1S/C17H23N3OS2/c1-11(2)17-19-12(3)16(23-17)13(4)20(5)15(21)10-22-14-6-8-18-9-7-14/h6-9,11,13H,10H2,1-5H3/t13-/m0/s1. The summed E-state index contributed by atoms with van der Waals surface area (Å²) in [6, 6.07) is 3.89. The van der Waals surface area contributed by atoms with Crippen LogP contribution in [0.3, 0.4) is 0 Å². The van der Waals surface area contributed by atoms with Crippen LogP contribution in [0.4, 0.5) is 0 Å². The first kappa shape index (κ1) is 17.9. The van der Waals surface area contributed by atoms with Gasteiger partial charge < -0.3 is 4.90 Å². The van der Waals surface area contributed by atoms with Gasteiger partial charge in [0.1, 0.15) is 0 Å². The maximum atomic E-state index is 12.5. The van der Waals surface area contributed by atoms with Crippen LogP contribution in [-0.2, 0) is 4.79 Å². The van der Waals surface area contributed by atoms with E-state index in [1.807, 2.05) is 31.0 Å². The van der Waals surface area contributed by atoms with Gasteiger partial charge in [-0.3, -0.25) is 9.78 Å². The van der Waals surface area contributed by atoms with Crippen molar-refractivity contribution < 1.29 is 4.79 Å². The zero-order valence-electron chi connectivity index (χ0n) is 14.2. The van der Waals surface area contributed by atoms with E-state index in [-0.39, 0.29) is 11.9 Å². The molecule has 0 bridgehead atoms. The van der Waals surface area contributed by atoms with Crippen molar-refractivity contribution in [3.05, 3.63) is 40.1 Å². The molecule has 2 heterocycles. The number of carbonyl (C=O) groups is 1. The second kappa shape index (κ2) is 7.93. The normalized spacial score (nSPS) is 12.4. The van der Waals surface area contributed by atoms with Crippen molar-refractivity contribution in [2.75, 3.05) is 12.8 Å². The Morgan fingerprint density at radius 2 is 1.96 bits per heavy atom. The Morgan fingerprint density at radius 3 is 2.52 bits per heavy atom. The van der Waals surface area contributed by atoms with Gasteiger partial charge in [0.15, 0.2) is 0 Å². The Labute approximate surface area is 146 Å². The number of thiazole rings is 1. The van der Waals surface area contributed by atoms with Crippen LogP contribution >= 0.6 is 23.1 Å². The first-order valence-corrected chi connectivity index (χ1v) is 9.46. The third-order valence-corrected chi connectivity index (χ3v) is 6.33. The molecule has 0 fully saturated rings. The monoisotopic (exact) mass is 349 g/mol. The molecule has 0 unspecified atom stereocenters. The lowest BCUT2D eigenvalue weighted by Crippen LogP contribution is -2.31. The zero-order valence-corrected chi connectivity index (χ0v) is 15.9. The summed E-state index contributed by atoms with van der Waals surface area (Å²) in [4.78, 5) is 25.1.